The Labute approximate surface area is 95.8 Å². The van der Waals surface area contributed by atoms with Crippen molar-refractivity contribution in [3.8, 4) is 0 Å². The second-order valence-corrected chi connectivity index (χ2v) is 3.91. The molecule has 0 aliphatic rings. The van der Waals surface area contributed by atoms with Gasteiger partial charge in [-0.2, -0.15) is 0 Å². The van der Waals surface area contributed by atoms with E-state index in [-0.39, 0.29) is 6.10 Å². The van der Waals surface area contributed by atoms with Gasteiger partial charge in [-0.1, -0.05) is 23.7 Å². The van der Waals surface area contributed by atoms with Gasteiger partial charge < -0.3 is 9.84 Å². The summed E-state index contributed by atoms with van der Waals surface area (Å²) in [5.74, 6) is 0. The highest BCUT2D eigenvalue weighted by Crippen LogP contribution is 2.13. The van der Waals surface area contributed by atoms with Crippen LogP contribution < -0.4 is 0 Å². The fraction of sp³-hybridized carbons (Fsp3) is 0.500. The fourth-order valence-electron chi connectivity index (χ4n) is 1.40. The molecule has 0 aliphatic carbocycles. The first kappa shape index (κ1) is 12.5. The van der Waals surface area contributed by atoms with E-state index in [1.54, 1.807) is 0 Å². The van der Waals surface area contributed by atoms with Crippen molar-refractivity contribution in [3.05, 3.63) is 34.9 Å². The van der Waals surface area contributed by atoms with Crippen molar-refractivity contribution in [2.75, 3.05) is 13.2 Å². The van der Waals surface area contributed by atoms with Crippen LogP contribution in [0.2, 0.25) is 5.02 Å². The zero-order valence-electron chi connectivity index (χ0n) is 8.95. The molecule has 1 aromatic rings. The molecule has 0 spiro atoms. The van der Waals surface area contributed by atoms with Crippen LogP contribution in [0.15, 0.2) is 24.3 Å². The normalized spacial score (nSPS) is 12.7. The lowest BCUT2D eigenvalue weighted by Crippen LogP contribution is -2.13. The largest absolute Gasteiger partial charge is 0.393 e. The highest BCUT2D eigenvalue weighted by molar-refractivity contribution is 6.30. The topological polar surface area (TPSA) is 29.5 Å². The number of rotatable bonds is 6. The van der Waals surface area contributed by atoms with E-state index < -0.39 is 0 Å². The molecular weight excluding hydrogens is 212 g/mol. The molecule has 0 bridgehead atoms. The number of hydrogen-bond donors (Lipinski definition) is 1. The van der Waals surface area contributed by atoms with Crippen LogP contribution in [0.25, 0.3) is 0 Å². The Morgan fingerprint density at radius 3 is 2.93 bits per heavy atom. The Morgan fingerprint density at radius 2 is 2.27 bits per heavy atom. The number of halogens is 1. The van der Waals surface area contributed by atoms with Crippen molar-refractivity contribution < 1.29 is 9.84 Å². The minimum absolute atomic E-state index is 0.352. The Bertz CT molecular complexity index is 289. The SMILES string of the molecule is CCOCCC(O)Cc1cccc(Cl)c1. The van der Waals surface area contributed by atoms with Crippen molar-refractivity contribution in [2.24, 2.45) is 0 Å². The van der Waals surface area contributed by atoms with Gasteiger partial charge in [0.15, 0.2) is 0 Å². The fourth-order valence-corrected chi connectivity index (χ4v) is 1.61. The molecule has 1 atom stereocenters. The molecule has 1 unspecified atom stereocenters. The van der Waals surface area contributed by atoms with Crippen LogP contribution in [0, 0.1) is 0 Å². The summed E-state index contributed by atoms with van der Waals surface area (Å²) in [5, 5.41) is 10.4. The molecule has 1 N–H and O–H groups in total. The summed E-state index contributed by atoms with van der Waals surface area (Å²) in [6.07, 6.45) is 0.948. The predicted octanol–water partition coefficient (Wildman–Crippen LogP) is 2.67. The zero-order valence-corrected chi connectivity index (χ0v) is 9.70. The smallest absolute Gasteiger partial charge is 0.0602 e. The third kappa shape index (κ3) is 5.17. The Hall–Kier alpha value is -0.570. The number of benzene rings is 1. The van der Waals surface area contributed by atoms with E-state index in [0.29, 0.717) is 31.1 Å². The van der Waals surface area contributed by atoms with Crippen molar-refractivity contribution in [1.29, 1.82) is 0 Å². The first-order valence-corrected chi connectivity index (χ1v) is 5.60. The molecule has 0 amide bonds. The van der Waals surface area contributed by atoms with Crippen molar-refractivity contribution in [2.45, 2.75) is 25.9 Å². The number of aliphatic hydroxyl groups excluding tert-OH is 1. The average Bonchev–Trinajstić information content (AvgIpc) is 2.18. The summed E-state index contributed by atoms with van der Waals surface area (Å²) in [6, 6.07) is 7.58. The molecule has 1 rings (SSSR count). The lowest BCUT2D eigenvalue weighted by molar-refractivity contribution is 0.0887. The van der Waals surface area contributed by atoms with Gasteiger partial charge >= 0.3 is 0 Å². The van der Waals surface area contributed by atoms with Gasteiger partial charge in [0.25, 0.3) is 0 Å². The summed E-state index contributed by atoms with van der Waals surface area (Å²) in [7, 11) is 0. The van der Waals surface area contributed by atoms with Gasteiger partial charge in [-0.3, -0.25) is 0 Å². The lowest BCUT2D eigenvalue weighted by atomic mass is 10.1. The van der Waals surface area contributed by atoms with E-state index in [0.717, 1.165) is 5.56 Å². The van der Waals surface area contributed by atoms with Gasteiger partial charge in [0.1, 0.15) is 0 Å². The van der Waals surface area contributed by atoms with E-state index in [9.17, 15) is 5.11 Å². The minimum atomic E-state index is -0.352. The molecule has 15 heavy (non-hydrogen) atoms. The maximum atomic E-state index is 9.70. The first-order valence-electron chi connectivity index (χ1n) is 5.22. The number of aliphatic hydroxyl groups is 1. The summed E-state index contributed by atoms with van der Waals surface area (Å²) in [4.78, 5) is 0. The number of hydrogen-bond acceptors (Lipinski definition) is 2. The molecule has 84 valence electrons. The van der Waals surface area contributed by atoms with Crippen molar-refractivity contribution in [1.82, 2.24) is 0 Å². The lowest BCUT2D eigenvalue weighted by Gasteiger charge is -2.10. The number of ether oxygens (including phenoxy) is 1. The van der Waals surface area contributed by atoms with Crippen LogP contribution >= 0.6 is 11.6 Å². The third-order valence-electron chi connectivity index (χ3n) is 2.16. The van der Waals surface area contributed by atoms with Gasteiger partial charge in [0, 0.05) is 18.2 Å². The van der Waals surface area contributed by atoms with Gasteiger partial charge in [0.05, 0.1) is 6.10 Å². The second-order valence-electron chi connectivity index (χ2n) is 3.47. The third-order valence-corrected chi connectivity index (χ3v) is 2.39. The van der Waals surface area contributed by atoms with Gasteiger partial charge in [-0.15, -0.1) is 0 Å². The molecule has 0 fully saturated rings. The van der Waals surface area contributed by atoms with E-state index in [2.05, 4.69) is 0 Å². The molecule has 3 heteroatoms. The van der Waals surface area contributed by atoms with Gasteiger partial charge in [-0.25, -0.2) is 0 Å². The quantitative estimate of drug-likeness (QED) is 0.759. The monoisotopic (exact) mass is 228 g/mol. The summed E-state index contributed by atoms with van der Waals surface area (Å²) >= 11 is 5.85. The van der Waals surface area contributed by atoms with Gasteiger partial charge in [0.2, 0.25) is 0 Å². The molecule has 0 aliphatic heterocycles. The molecular formula is C12H17ClO2. The van der Waals surface area contributed by atoms with E-state index in [1.165, 1.54) is 0 Å². The van der Waals surface area contributed by atoms with Crippen LogP contribution in [0.5, 0.6) is 0 Å². The van der Waals surface area contributed by atoms with Crippen LogP contribution in [0.4, 0.5) is 0 Å². The zero-order chi connectivity index (χ0) is 11.1. The van der Waals surface area contributed by atoms with Crippen LogP contribution in [-0.4, -0.2) is 24.4 Å². The predicted molar refractivity (Wildman–Crippen MR) is 62.3 cm³/mol. The van der Waals surface area contributed by atoms with Crippen molar-refractivity contribution in [3.63, 3.8) is 0 Å². The molecule has 0 radical (unpaired) electrons. The molecule has 0 saturated carbocycles. The highest BCUT2D eigenvalue weighted by Gasteiger charge is 2.05. The summed E-state index contributed by atoms with van der Waals surface area (Å²) in [6.45, 7) is 3.26. The second kappa shape index (κ2) is 6.83. The Kier molecular flexibility index (Phi) is 5.69. The molecule has 0 aromatic heterocycles. The Morgan fingerprint density at radius 1 is 1.47 bits per heavy atom. The summed E-state index contributed by atoms with van der Waals surface area (Å²) < 4.78 is 5.18. The van der Waals surface area contributed by atoms with Crippen LogP contribution in [0.1, 0.15) is 18.9 Å². The highest BCUT2D eigenvalue weighted by atomic mass is 35.5. The van der Waals surface area contributed by atoms with E-state index in [4.69, 9.17) is 16.3 Å². The Balaban J connectivity index is 2.34. The average molecular weight is 229 g/mol. The van der Waals surface area contributed by atoms with Crippen LogP contribution in [0.3, 0.4) is 0 Å². The molecule has 0 saturated heterocycles. The molecule has 0 heterocycles. The molecule has 1 aromatic carbocycles. The standard InChI is InChI=1S/C12H17ClO2/c1-2-15-7-6-12(14)9-10-4-3-5-11(13)8-10/h3-5,8,12,14H,2,6-7,9H2,1H3. The van der Waals surface area contributed by atoms with E-state index >= 15 is 0 Å². The van der Waals surface area contributed by atoms with Gasteiger partial charge in [-0.05, 0) is 37.5 Å². The first-order chi connectivity index (χ1) is 7.22. The van der Waals surface area contributed by atoms with Crippen molar-refractivity contribution >= 4 is 11.6 Å². The van der Waals surface area contributed by atoms with Crippen LogP contribution in [-0.2, 0) is 11.2 Å². The maximum absolute atomic E-state index is 9.70. The minimum Gasteiger partial charge on any atom is -0.393 e. The van der Waals surface area contributed by atoms with E-state index in [1.807, 2.05) is 31.2 Å². The summed E-state index contributed by atoms with van der Waals surface area (Å²) in [5.41, 5.74) is 1.06. The molecule has 2 nitrogen and oxygen atoms in total. The maximum Gasteiger partial charge on any atom is 0.0602 e.